The molecule has 0 atom stereocenters. The van der Waals surface area contributed by atoms with Crippen molar-refractivity contribution in [3.05, 3.63) is 53.6 Å². The maximum absolute atomic E-state index is 14.3. The maximum atomic E-state index is 14.3. The van der Waals surface area contributed by atoms with Crippen molar-refractivity contribution in [1.29, 1.82) is 0 Å². The predicted octanol–water partition coefficient (Wildman–Crippen LogP) is 4.83. The van der Waals surface area contributed by atoms with Crippen LogP contribution in [0.5, 0.6) is 11.5 Å². The van der Waals surface area contributed by atoms with Crippen molar-refractivity contribution in [2.75, 3.05) is 30.4 Å². The number of hydrogen-bond acceptors (Lipinski definition) is 4. The Hall–Kier alpha value is -3.23. The first-order valence-electron chi connectivity index (χ1n) is 9.23. The lowest BCUT2D eigenvalue weighted by Gasteiger charge is -2.19. The van der Waals surface area contributed by atoms with Gasteiger partial charge in [0.1, 0.15) is 5.69 Å². The van der Waals surface area contributed by atoms with Gasteiger partial charge in [0.05, 0.1) is 7.11 Å². The Balaban J connectivity index is 1.69. The van der Waals surface area contributed by atoms with Gasteiger partial charge in [-0.3, -0.25) is 4.79 Å². The number of nitrogens with one attached hydrogen (secondary N) is 1. The standard InChI is InChI=1S/C21H20F4N2O3/c1-29-18-10-13(4-6-17(18)30-21(24)25)5-7-19(28)26-14-11-15(22)20(16(23)12-14)27-8-2-3-9-27/h4-7,10-12,21H,2-3,8-9H2,1H3,(H,26,28)/b7-5+. The van der Waals surface area contributed by atoms with Crippen LogP contribution < -0.4 is 19.7 Å². The van der Waals surface area contributed by atoms with Gasteiger partial charge in [-0.05, 0) is 48.7 Å². The van der Waals surface area contributed by atoms with Gasteiger partial charge in [0.2, 0.25) is 5.91 Å². The van der Waals surface area contributed by atoms with Gasteiger partial charge in [-0.1, -0.05) is 6.07 Å². The van der Waals surface area contributed by atoms with Gasteiger partial charge in [-0.2, -0.15) is 8.78 Å². The van der Waals surface area contributed by atoms with Crippen LogP contribution in [0.2, 0.25) is 0 Å². The highest BCUT2D eigenvalue weighted by Crippen LogP contribution is 2.31. The Morgan fingerprint density at radius 3 is 2.37 bits per heavy atom. The van der Waals surface area contributed by atoms with Crippen LogP contribution in [0, 0.1) is 11.6 Å². The lowest BCUT2D eigenvalue weighted by atomic mass is 10.2. The van der Waals surface area contributed by atoms with E-state index in [0.29, 0.717) is 18.7 Å². The van der Waals surface area contributed by atoms with E-state index in [0.717, 1.165) is 31.1 Å². The summed E-state index contributed by atoms with van der Waals surface area (Å²) in [6, 6.07) is 6.29. The quantitative estimate of drug-likeness (QED) is 0.511. The lowest BCUT2D eigenvalue weighted by Crippen LogP contribution is -2.21. The Kier molecular flexibility index (Phi) is 6.81. The number of rotatable bonds is 7. The molecule has 0 unspecified atom stereocenters. The molecular weight excluding hydrogens is 404 g/mol. The molecule has 0 aliphatic carbocycles. The van der Waals surface area contributed by atoms with Crippen molar-refractivity contribution in [3.8, 4) is 11.5 Å². The van der Waals surface area contributed by atoms with E-state index in [4.69, 9.17) is 4.74 Å². The number of methoxy groups -OCH3 is 1. The topological polar surface area (TPSA) is 50.8 Å². The largest absolute Gasteiger partial charge is 0.493 e. The van der Waals surface area contributed by atoms with Crippen molar-refractivity contribution in [3.63, 3.8) is 0 Å². The van der Waals surface area contributed by atoms with E-state index in [1.165, 1.54) is 31.4 Å². The smallest absolute Gasteiger partial charge is 0.387 e. The zero-order valence-electron chi connectivity index (χ0n) is 16.1. The Morgan fingerprint density at radius 1 is 1.10 bits per heavy atom. The summed E-state index contributed by atoms with van der Waals surface area (Å²) in [5.41, 5.74) is 0.380. The minimum absolute atomic E-state index is 0.0131. The number of hydrogen-bond donors (Lipinski definition) is 1. The molecule has 1 aliphatic heterocycles. The molecule has 0 bridgehead atoms. The summed E-state index contributed by atoms with van der Waals surface area (Å²) >= 11 is 0. The fourth-order valence-electron chi connectivity index (χ4n) is 3.22. The molecule has 5 nitrogen and oxygen atoms in total. The summed E-state index contributed by atoms with van der Waals surface area (Å²) in [4.78, 5) is 13.8. The zero-order valence-corrected chi connectivity index (χ0v) is 16.1. The molecule has 0 spiro atoms. The molecule has 1 aliphatic rings. The SMILES string of the molecule is COc1cc(/C=C/C(=O)Nc2cc(F)c(N3CCCC3)c(F)c2)ccc1OC(F)F. The molecule has 1 saturated heterocycles. The normalized spacial score (nSPS) is 13.9. The molecule has 2 aromatic rings. The predicted molar refractivity (Wildman–Crippen MR) is 105 cm³/mol. The third kappa shape index (κ3) is 5.22. The van der Waals surface area contributed by atoms with Crippen LogP contribution in [0.4, 0.5) is 28.9 Å². The second-order valence-electron chi connectivity index (χ2n) is 6.59. The molecule has 0 aromatic heterocycles. The fourth-order valence-corrected chi connectivity index (χ4v) is 3.22. The third-order valence-electron chi connectivity index (χ3n) is 4.54. The second-order valence-corrected chi connectivity index (χ2v) is 6.59. The maximum Gasteiger partial charge on any atom is 0.387 e. The number of alkyl halides is 2. The number of carbonyl (C=O) groups is 1. The van der Waals surface area contributed by atoms with Crippen LogP contribution in [0.3, 0.4) is 0 Å². The molecular formula is C21H20F4N2O3. The van der Waals surface area contributed by atoms with E-state index in [1.54, 1.807) is 4.90 Å². The molecule has 160 valence electrons. The molecule has 9 heteroatoms. The van der Waals surface area contributed by atoms with Crippen LogP contribution in [-0.2, 0) is 4.79 Å². The first kappa shape index (κ1) is 21.5. The molecule has 1 heterocycles. The molecule has 2 aromatic carbocycles. The van der Waals surface area contributed by atoms with Crippen LogP contribution >= 0.6 is 0 Å². The summed E-state index contributed by atoms with van der Waals surface area (Å²) in [5, 5.41) is 2.40. The molecule has 1 amide bonds. The van der Waals surface area contributed by atoms with Gasteiger partial charge in [-0.15, -0.1) is 0 Å². The van der Waals surface area contributed by atoms with Crippen LogP contribution in [0.1, 0.15) is 18.4 Å². The Bertz CT molecular complexity index is 921. The van der Waals surface area contributed by atoms with Crippen LogP contribution in [0.15, 0.2) is 36.4 Å². The summed E-state index contributed by atoms with van der Waals surface area (Å²) in [6.45, 7) is -1.82. The van der Waals surface area contributed by atoms with E-state index in [1.807, 2.05) is 0 Å². The summed E-state index contributed by atoms with van der Waals surface area (Å²) in [6.07, 6.45) is 4.30. The van der Waals surface area contributed by atoms with E-state index in [2.05, 4.69) is 10.1 Å². The molecule has 0 radical (unpaired) electrons. The lowest BCUT2D eigenvalue weighted by molar-refractivity contribution is -0.111. The minimum atomic E-state index is -3.00. The molecule has 1 fully saturated rings. The summed E-state index contributed by atoms with van der Waals surface area (Å²) in [7, 11) is 1.29. The molecule has 30 heavy (non-hydrogen) atoms. The molecule has 1 N–H and O–H groups in total. The van der Waals surface area contributed by atoms with Gasteiger partial charge >= 0.3 is 6.61 Å². The second kappa shape index (κ2) is 9.51. The number of carbonyl (C=O) groups excluding carboxylic acids is 1. The zero-order chi connectivity index (χ0) is 21.7. The highest BCUT2D eigenvalue weighted by atomic mass is 19.3. The van der Waals surface area contributed by atoms with E-state index < -0.39 is 24.2 Å². The number of nitrogens with zero attached hydrogens (tertiary/aromatic N) is 1. The first-order chi connectivity index (χ1) is 14.4. The van der Waals surface area contributed by atoms with Crippen LogP contribution in [0.25, 0.3) is 6.08 Å². The van der Waals surface area contributed by atoms with Gasteiger partial charge in [0, 0.05) is 24.9 Å². The highest BCUT2D eigenvalue weighted by molar-refractivity contribution is 6.02. The van der Waals surface area contributed by atoms with E-state index >= 15 is 0 Å². The first-order valence-corrected chi connectivity index (χ1v) is 9.23. The third-order valence-corrected chi connectivity index (χ3v) is 4.54. The van der Waals surface area contributed by atoms with E-state index in [-0.39, 0.29) is 22.9 Å². The fraction of sp³-hybridized carbons (Fsp3) is 0.286. The number of ether oxygens (including phenoxy) is 2. The van der Waals surface area contributed by atoms with Crippen molar-refractivity contribution in [1.82, 2.24) is 0 Å². The summed E-state index contributed by atoms with van der Waals surface area (Å²) < 4.78 is 62.7. The number of halogens is 4. The summed E-state index contributed by atoms with van der Waals surface area (Å²) in [5.74, 6) is -2.17. The van der Waals surface area contributed by atoms with Crippen molar-refractivity contribution in [2.24, 2.45) is 0 Å². The van der Waals surface area contributed by atoms with E-state index in [9.17, 15) is 22.4 Å². The average molecular weight is 424 g/mol. The Morgan fingerprint density at radius 2 is 1.77 bits per heavy atom. The van der Waals surface area contributed by atoms with Crippen molar-refractivity contribution >= 4 is 23.4 Å². The average Bonchev–Trinajstić information content (AvgIpc) is 3.20. The Labute approximate surface area is 170 Å². The molecule has 0 saturated carbocycles. The highest BCUT2D eigenvalue weighted by Gasteiger charge is 2.21. The minimum Gasteiger partial charge on any atom is -0.493 e. The number of anilines is 2. The van der Waals surface area contributed by atoms with Crippen molar-refractivity contribution < 1.29 is 31.8 Å². The van der Waals surface area contributed by atoms with Crippen LogP contribution in [-0.4, -0.2) is 32.7 Å². The monoisotopic (exact) mass is 424 g/mol. The van der Waals surface area contributed by atoms with Gasteiger partial charge in [0.25, 0.3) is 0 Å². The number of amides is 1. The number of benzene rings is 2. The molecule has 3 rings (SSSR count). The van der Waals surface area contributed by atoms with Gasteiger partial charge < -0.3 is 19.7 Å². The van der Waals surface area contributed by atoms with Gasteiger partial charge in [-0.25, -0.2) is 8.78 Å². The van der Waals surface area contributed by atoms with Gasteiger partial charge in [0.15, 0.2) is 23.1 Å². The van der Waals surface area contributed by atoms with Crippen molar-refractivity contribution in [2.45, 2.75) is 19.5 Å².